The first-order valence-corrected chi connectivity index (χ1v) is 5.92. The molecular formula is C14H16N4O. The van der Waals surface area contributed by atoms with E-state index in [1.165, 1.54) is 0 Å². The molecule has 5 nitrogen and oxygen atoms in total. The molecule has 0 bridgehead atoms. The molecule has 19 heavy (non-hydrogen) atoms. The molecule has 0 saturated heterocycles. The Morgan fingerprint density at radius 3 is 2.68 bits per heavy atom. The number of nitrogens with one attached hydrogen (secondary N) is 1. The van der Waals surface area contributed by atoms with Crippen LogP contribution in [0.4, 0.5) is 11.5 Å². The third kappa shape index (κ3) is 2.38. The first-order valence-electron chi connectivity index (χ1n) is 5.92. The predicted octanol–water partition coefficient (Wildman–Crippen LogP) is 2.66. The fourth-order valence-electron chi connectivity index (χ4n) is 2.00. The molecule has 0 aliphatic heterocycles. The first-order chi connectivity index (χ1) is 9.06. The monoisotopic (exact) mass is 256 g/mol. The highest BCUT2D eigenvalue weighted by atomic mass is 16.5. The Morgan fingerprint density at radius 1 is 1.37 bits per heavy atom. The van der Waals surface area contributed by atoms with Gasteiger partial charge in [-0.1, -0.05) is 6.07 Å². The number of rotatable bonds is 3. The Labute approximate surface area is 112 Å². The fourth-order valence-corrected chi connectivity index (χ4v) is 2.00. The van der Waals surface area contributed by atoms with Crippen LogP contribution >= 0.6 is 0 Å². The Kier molecular flexibility index (Phi) is 3.43. The van der Waals surface area contributed by atoms with Crippen LogP contribution in [0.1, 0.15) is 16.8 Å². The average Bonchev–Trinajstić information content (AvgIpc) is 2.75. The Balaban J connectivity index is 2.40. The molecule has 0 fully saturated rings. The van der Waals surface area contributed by atoms with E-state index in [-0.39, 0.29) is 0 Å². The molecule has 0 amide bonds. The lowest BCUT2D eigenvalue weighted by Gasteiger charge is -2.13. The molecule has 0 atom stereocenters. The van der Waals surface area contributed by atoms with E-state index in [9.17, 15) is 0 Å². The summed E-state index contributed by atoms with van der Waals surface area (Å²) in [5.74, 6) is 1.48. The molecule has 2 aromatic rings. The van der Waals surface area contributed by atoms with Gasteiger partial charge >= 0.3 is 0 Å². The van der Waals surface area contributed by atoms with Crippen LogP contribution in [0.2, 0.25) is 0 Å². The van der Waals surface area contributed by atoms with E-state index >= 15 is 0 Å². The van der Waals surface area contributed by atoms with Crippen molar-refractivity contribution in [2.45, 2.75) is 13.8 Å². The molecule has 0 spiro atoms. The van der Waals surface area contributed by atoms with Gasteiger partial charge < -0.3 is 10.1 Å². The highest BCUT2D eigenvalue weighted by Gasteiger charge is 2.10. The van der Waals surface area contributed by atoms with Gasteiger partial charge in [-0.15, -0.1) is 0 Å². The van der Waals surface area contributed by atoms with Gasteiger partial charge in [-0.05, 0) is 25.5 Å². The minimum absolute atomic E-state index is 0.515. The number of aromatic nitrogens is 2. The third-order valence-corrected chi connectivity index (χ3v) is 3.09. The van der Waals surface area contributed by atoms with Crippen LogP contribution in [0.5, 0.6) is 5.75 Å². The zero-order valence-corrected chi connectivity index (χ0v) is 11.5. The highest BCUT2D eigenvalue weighted by Crippen LogP contribution is 2.30. The molecule has 98 valence electrons. The van der Waals surface area contributed by atoms with E-state index in [1.807, 2.05) is 26.0 Å². The summed E-state index contributed by atoms with van der Waals surface area (Å²) < 4.78 is 6.86. The molecule has 0 aliphatic rings. The first kappa shape index (κ1) is 13.0. The molecule has 1 aromatic heterocycles. The maximum absolute atomic E-state index is 8.93. The van der Waals surface area contributed by atoms with Crippen molar-refractivity contribution in [2.24, 2.45) is 7.05 Å². The lowest BCUT2D eigenvalue weighted by atomic mass is 10.1. The SMILES string of the molecule is COc1ccc(C)c(Nc2cc(C#N)n(C)n2)c1C. The standard InChI is InChI=1S/C14H16N4O/c1-9-5-6-12(19-4)10(2)14(9)16-13-7-11(8-15)18(3)17-13/h5-7H,1-4H3,(H,16,17). The average molecular weight is 256 g/mol. The lowest BCUT2D eigenvalue weighted by molar-refractivity contribution is 0.412. The van der Waals surface area contributed by atoms with Crippen LogP contribution in [0.25, 0.3) is 0 Å². The van der Waals surface area contributed by atoms with Crippen molar-refractivity contribution in [3.63, 3.8) is 0 Å². The number of hydrogen-bond acceptors (Lipinski definition) is 4. The van der Waals surface area contributed by atoms with Crippen LogP contribution in [-0.2, 0) is 7.05 Å². The maximum atomic E-state index is 8.93. The number of ether oxygens (including phenoxy) is 1. The molecule has 0 radical (unpaired) electrons. The molecule has 5 heteroatoms. The molecule has 2 rings (SSSR count). The normalized spacial score (nSPS) is 10.1. The zero-order chi connectivity index (χ0) is 14.0. The number of hydrogen-bond donors (Lipinski definition) is 1. The van der Waals surface area contributed by atoms with Crippen molar-refractivity contribution in [3.8, 4) is 11.8 Å². The maximum Gasteiger partial charge on any atom is 0.153 e. The van der Waals surface area contributed by atoms with E-state index in [4.69, 9.17) is 10.00 Å². The van der Waals surface area contributed by atoms with Crippen LogP contribution in [0.15, 0.2) is 18.2 Å². The van der Waals surface area contributed by atoms with Crippen molar-refractivity contribution in [1.29, 1.82) is 5.26 Å². The van der Waals surface area contributed by atoms with E-state index in [0.717, 1.165) is 22.6 Å². The van der Waals surface area contributed by atoms with Gasteiger partial charge in [0.2, 0.25) is 0 Å². The van der Waals surface area contributed by atoms with E-state index in [2.05, 4.69) is 16.5 Å². The van der Waals surface area contributed by atoms with Gasteiger partial charge in [-0.25, -0.2) is 0 Å². The van der Waals surface area contributed by atoms with Crippen molar-refractivity contribution >= 4 is 11.5 Å². The van der Waals surface area contributed by atoms with Crippen LogP contribution in [0.3, 0.4) is 0 Å². The van der Waals surface area contributed by atoms with Gasteiger partial charge in [0, 0.05) is 24.4 Å². The largest absolute Gasteiger partial charge is 0.496 e. The zero-order valence-electron chi connectivity index (χ0n) is 11.5. The second kappa shape index (κ2) is 5.02. The topological polar surface area (TPSA) is 62.9 Å². The fraction of sp³-hybridized carbons (Fsp3) is 0.286. The molecule has 0 unspecified atom stereocenters. The number of anilines is 2. The number of benzene rings is 1. The molecule has 1 heterocycles. The van der Waals surface area contributed by atoms with Gasteiger partial charge in [0.25, 0.3) is 0 Å². The second-order valence-corrected chi connectivity index (χ2v) is 4.36. The number of aryl methyl sites for hydroxylation is 2. The Bertz CT molecular complexity index is 652. The van der Waals surface area contributed by atoms with E-state index in [1.54, 1.807) is 24.9 Å². The summed E-state index contributed by atoms with van der Waals surface area (Å²) >= 11 is 0. The summed E-state index contributed by atoms with van der Waals surface area (Å²) in [5.41, 5.74) is 3.59. The van der Waals surface area contributed by atoms with Gasteiger partial charge in [-0.2, -0.15) is 10.4 Å². The summed E-state index contributed by atoms with van der Waals surface area (Å²) in [6.45, 7) is 4.01. The molecule has 1 N–H and O–H groups in total. The summed E-state index contributed by atoms with van der Waals surface area (Å²) in [4.78, 5) is 0. The number of methoxy groups -OCH3 is 1. The lowest BCUT2D eigenvalue weighted by Crippen LogP contribution is -2.00. The predicted molar refractivity (Wildman–Crippen MR) is 73.7 cm³/mol. The van der Waals surface area contributed by atoms with Crippen LogP contribution in [-0.4, -0.2) is 16.9 Å². The molecule has 0 saturated carbocycles. The number of nitriles is 1. The minimum atomic E-state index is 0.515. The smallest absolute Gasteiger partial charge is 0.153 e. The molecule has 1 aromatic carbocycles. The summed E-state index contributed by atoms with van der Waals surface area (Å²) in [6, 6.07) is 7.74. The van der Waals surface area contributed by atoms with Gasteiger partial charge in [0.05, 0.1) is 7.11 Å². The van der Waals surface area contributed by atoms with Crippen LogP contribution in [0, 0.1) is 25.2 Å². The van der Waals surface area contributed by atoms with E-state index in [0.29, 0.717) is 11.5 Å². The van der Waals surface area contributed by atoms with Crippen LogP contribution < -0.4 is 10.1 Å². The summed E-state index contributed by atoms with van der Waals surface area (Å²) in [7, 11) is 3.39. The van der Waals surface area contributed by atoms with Gasteiger partial charge in [0.15, 0.2) is 5.82 Å². The quantitative estimate of drug-likeness (QED) is 0.917. The molecular weight excluding hydrogens is 240 g/mol. The van der Waals surface area contributed by atoms with Gasteiger partial charge in [0.1, 0.15) is 17.5 Å². The van der Waals surface area contributed by atoms with Crippen molar-refractivity contribution < 1.29 is 4.74 Å². The Hall–Kier alpha value is -2.48. The second-order valence-electron chi connectivity index (χ2n) is 4.36. The van der Waals surface area contributed by atoms with E-state index < -0.39 is 0 Å². The van der Waals surface area contributed by atoms with Crippen molar-refractivity contribution in [3.05, 3.63) is 35.0 Å². The Morgan fingerprint density at radius 2 is 2.11 bits per heavy atom. The van der Waals surface area contributed by atoms with Crippen molar-refractivity contribution in [1.82, 2.24) is 9.78 Å². The minimum Gasteiger partial charge on any atom is -0.496 e. The summed E-state index contributed by atoms with van der Waals surface area (Å²) in [6.07, 6.45) is 0. The number of nitrogens with zero attached hydrogens (tertiary/aromatic N) is 3. The summed E-state index contributed by atoms with van der Waals surface area (Å²) in [5, 5.41) is 16.4. The highest BCUT2D eigenvalue weighted by molar-refractivity contribution is 5.68. The van der Waals surface area contributed by atoms with Crippen molar-refractivity contribution in [2.75, 3.05) is 12.4 Å². The third-order valence-electron chi connectivity index (χ3n) is 3.09. The van der Waals surface area contributed by atoms with Gasteiger partial charge in [-0.3, -0.25) is 4.68 Å². The molecule has 0 aliphatic carbocycles.